The van der Waals surface area contributed by atoms with Crippen LogP contribution in [0.15, 0.2) is 48.7 Å². The molecule has 0 saturated heterocycles. The van der Waals surface area contributed by atoms with Gasteiger partial charge < -0.3 is 14.8 Å². The standard InChI is InChI=1S/C19H21N3O5/c1-2-12-26-17-6-4-3-5-15(17)7-10-19(23)27-13-11-20-18-9-8-16(14-21-18)22(24)25/h3-10,14H,2,11-13H2,1H3,(H,20,21)/b10-7+. The molecule has 0 unspecified atom stereocenters. The number of carbonyl (C=O) groups is 1. The Hall–Kier alpha value is -3.42. The molecule has 0 aliphatic rings. The second kappa shape index (κ2) is 10.5. The minimum absolute atomic E-state index is 0.0830. The number of hydrogen-bond acceptors (Lipinski definition) is 7. The summed E-state index contributed by atoms with van der Waals surface area (Å²) in [6.45, 7) is 3.10. The average molecular weight is 371 g/mol. The Morgan fingerprint density at radius 1 is 1.26 bits per heavy atom. The molecule has 142 valence electrons. The summed E-state index contributed by atoms with van der Waals surface area (Å²) in [4.78, 5) is 25.8. The lowest BCUT2D eigenvalue weighted by molar-refractivity contribution is -0.385. The predicted molar refractivity (Wildman–Crippen MR) is 102 cm³/mol. The highest BCUT2D eigenvalue weighted by Gasteiger charge is 2.05. The molecule has 0 bridgehead atoms. The SMILES string of the molecule is CCCOc1ccccc1/C=C/C(=O)OCCNc1ccc([N+](=O)[O-])cn1. The maximum Gasteiger partial charge on any atom is 0.330 e. The number of benzene rings is 1. The Morgan fingerprint density at radius 3 is 2.78 bits per heavy atom. The monoisotopic (exact) mass is 371 g/mol. The topological polar surface area (TPSA) is 104 Å². The van der Waals surface area contributed by atoms with Gasteiger partial charge in [0, 0.05) is 17.7 Å². The molecule has 0 spiro atoms. The van der Waals surface area contributed by atoms with Gasteiger partial charge in [-0.05, 0) is 24.6 Å². The summed E-state index contributed by atoms with van der Waals surface area (Å²) in [7, 11) is 0. The van der Waals surface area contributed by atoms with E-state index in [1.54, 1.807) is 6.08 Å². The lowest BCUT2D eigenvalue weighted by atomic mass is 10.2. The summed E-state index contributed by atoms with van der Waals surface area (Å²) in [5, 5.41) is 13.5. The van der Waals surface area contributed by atoms with Crippen molar-refractivity contribution < 1.29 is 19.2 Å². The molecule has 0 atom stereocenters. The fraction of sp³-hybridized carbons (Fsp3) is 0.263. The van der Waals surface area contributed by atoms with E-state index in [0.717, 1.165) is 18.2 Å². The fourth-order valence-corrected chi connectivity index (χ4v) is 2.10. The number of hydrogen-bond donors (Lipinski definition) is 1. The molecule has 27 heavy (non-hydrogen) atoms. The van der Waals surface area contributed by atoms with E-state index in [1.165, 1.54) is 18.2 Å². The first-order chi connectivity index (χ1) is 13.1. The van der Waals surface area contributed by atoms with Crippen molar-refractivity contribution in [2.24, 2.45) is 0 Å². The molecular formula is C19H21N3O5. The number of pyridine rings is 1. The van der Waals surface area contributed by atoms with Gasteiger partial charge in [0.25, 0.3) is 5.69 Å². The second-order valence-electron chi connectivity index (χ2n) is 5.47. The summed E-state index contributed by atoms with van der Waals surface area (Å²) < 4.78 is 10.7. The summed E-state index contributed by atoms with van der Waals surface area (Å²) in [5.41, 5.74) is 0.719. The van der Waals surface area contributed by atoms with E-state index in [9.17, 15) is 14.9 Å². The molecule has 0 radical (unpaired) electrons. The normalized spacial score (nSPS) is 10.6. The third kappa shape index (κ3) is 6.77. The van der Waals surface area contributed by atoms with Gasteiger partial charge in [-0.1, -0.05) is 25.1 Å². The summed E-state index contributed by atoms with van der Waals surface area (Å²) in [5.74, 6) is 0.710. The quantitative estimate of drug-likeness (QED) is 0.224. The molecule has 0 saturated carbocycles. The van der Waals surface area contributed by atoms with Gasteiger partial charge in [-0.15, -0.1) is 0 Å². The van der Waals surface area contributed by atoms with Crippen LogP contribution in [0.1, 0.15) is 18.9 Å². The number of aromatic nitrogens is 1. The lowest BCUT2D eigenvalue weighted by Gasteiger charge is -2.08. The van der Waals surface area contributed by atoms with E-state index >= 15 is 0 Å². The van der Waals surface area contributed by atoms with E-state index in [0.29, 0.717) is 24.7 Å². The van der Waals surface area contributed by atoms with E-state index in [-0.39, 0.29) is 12.3 Å². The van der Waals surface area contributed by atoms with Crippen LogP contribution in [0.4, 0.5) is 11.5 Å². The minimum Gasteiger partial charge on any atom is -0.493 e. The lowest BCUT2D eigenvalue weighted by Crippen LogP contribution is -2.13. The Labute approximate surface area is 157 Å². The van der Waals surface area contributed by atoms with Crippen molar-refractivity contribution in [3.63, 3.8) is 0 Å². The molecular weight excluding hydrogens is 350 g/mol. The molecule has 1 N–H and O–H groups in total. The average Bonchev–Trinajstić information content (AvgIpc) is 2.69. The van der Waals surface area contributed by atoms with Crippen LogP contribution in [0.3, 0.4) is 0 Å². The van der Waals surface area contributed by atoms with E-state index in [4.69, 9.17) is 9.47 Å². The molecule has 0 aliphatic carbocycles. The van der Waals surface area contributed by atoms with Gasteiger partial charge in [0.05, 0.1) is 18.1 Å². The van der Waals surface area contributed by atoms with Crippen LogP contribution in [0, 0.1) is 10.1 Å². The first kappa shape index (κ1) is 19.9. The van der Waals surface area contributed by atoms with Crippen LogP contribution < -0.4 is 10.1 Å². The van der Waals surface area contributed by atoms with Gasteiger partial charge in [0.15, 0.2) is 0 Å². The molecule has 0 amide bonds. The van der Waals surface area contributed by atoms with Gasteiger partial charge in [0.1, 0.15) is 24.4 Å². The molecule has 1 heterocycles. The largest absolute Gasteiger partial charge is 0.493 e. The van der Waals surface area contributed by atoms with Crippen molar-refractivity contribution in [3.8, 4) is 5.75 Å². The summed E-state index contributed by atoms with van der Waals surface area (Å²) >= 11 is 0. The number of nitrogens with one attached hydrogen (secondary N) is 1. The van der Waals surface area contributed by atoms with Crippen molar-refractivity contribution in [3.05, 3.63) is 64.3 Å². The van der Waals surface area contributed by atoms with Crippen LogP contribution in [0.5, 0.6) is 5.75 Å². The third-order valence-electron chi connectivity index (χ3n) is 3.39. The van der Waals surface area contributed by atoms with Gasteiger partial charge in [-0.3, -0.25) is 10.1 Å². The first-order valence-electron chi connectivity index (χ1n) is 8.51. The van der Waals surface area contributed by atoms with Crippen molar-refractivity contribution in [2.45, 2.75) is 13.3 Å². The zero-order valence-electron chi connectivity index (χ0n) is 15.0. The highest BCUT2D eigenvalue weighted by molar-refractivity contribution is 5.87. The van der Waals surface area contributed by atoms with E-state index < -0.39 is 10.9 Å². The van der Waals surface area contributed by atoms with Crippen LogP contribution in [-0.2, 0) is 9.53 Å². The molecule has 1 aromatic heterocycles. The Bertz CT molecular complexity index is 790. The number of carbonyl (C=O) groups excluding carboxylic acids is 1. The zero-order valence-corrected chi connectivity index (χ0v) is 15.0. The molecule has 8 heteroatoms. The number of para-hydroxylation sites is 1. The summed E-state index contributed by atoms with van der Waals surface area (Å²) in [6, 6.07) is 10.3. The molecule has 1 aromatic carbocycles. The van der Waals surface area contributed by atoms with Gasteiger partial charge in [-0.2, -0.15) is 0 Å². The highest BCUT2D eigenvalue weighted by atomic mass is 16.6. The highest BCUT2D eigenvalue weighted by Crippen LogP contribution is 2.19. The first-order valence-corrected chi connectivity index (χ1v) is 8.51. The predicted octanol–water partition coefficient (Wildman–Crippen LogP) is 3.45. The van der Waals surface area contributed by atoms with Gasteiger partial charge >= 0.3 is 5.97 Å². The van der Waals surface area contributed by atoms with Crippen molar-refractivity contribution in [2.75, 3.05) is 25.1 Å². The zero-order chi connectivity index (χ0) is 19.5. The number of nitrogens with zero attached hydrogens (tertiary/aromatic N) is 2. The second-order valence-corrected chi connectivity index (χ2v) is 5.47. The summed E-state index contributed by atoms with van der Waals surface area (Å²) in [6.07, 6.45) is 5.06. The molecule has 0 aliphatic heterocycles. The maximum absolute atomic E-state index is 11.8. The Kier molecular flexibility index (Phi) is 7.77. The van der Waals surface area contributed by atoms with Crippen LogP contribution in [0.2, 0.25) is 0 Å². The molecule has 2 rings (SSSR count). The van der Waals surface area contributed by atoms with Crippen molar-refractivity contribution in [1.29, 1.82) is 0 Å². The number of anilines is 1. The Balaban J connectivity index is 1.76. The van der Waals surface area contributed by atoms with Crippen LogP contribution in [-0.4, -0.2) is 35.6 Å². The molecule has 2 aromatic rings. The maximum atomic E-state index is 11.8. The third-order valence-corrected chi connectivity index (χ3v) is 3.39. The van der Waals surface area contributed by atoms with Gasteiger partial charge in [0.2, 0.25) is 0 Å². The molecule has 8 nitrogen and oxygen atoms in total. The number of nitro groups is 1. The van der Waals surface area contributed by atoms with E-state index in [1.807, 2.05) is 31.2 Å². The number of esters is 1. The van der Waals surface area contributed by atoms with Crippen molar-refractivity contribution in [1.82, 2.24) is 4.98 Å². The van der Waals surface area contributed by atoms with Crippen LogP contribution in [0.25, 0.3) is 6.08 Å². The fourth-order valence-electron chi connectivity index (χ4n) is 2.10. The van der Waals surface area contributed by atoms with Gasteiger partial charge in [-0.25, -0.2) is 9.78 Å². The number of rotatable bonds is 10. The van der Waals surface area contributed by atoms with Crippen LogP contribution >= 0.6 is 0 Å². The number of ether oxygens (including phenoxy) is 2. The smallest absolute Gasteiger partial charge is 0.330 e. The van der Waals surface area contributed by atoms with Crippen molar-refractivity contribution >= 4 is 23.6 Å². The minimum atomic E-state index is -0.518. The van der Waals surface area contributed by atoms with E-state index in [2.05, 4.69) is 10.3 Å². The Morgan fingerprint density at radius 2 is 2.07 bits per heavy atom. The molecule has 0 fully saturated rings.